The Hall–Kier alpha value is 0. The van der Waals surface area contributed by atoms with E-state index in [4.69, 9.17) is 0 Å². The number of hydrogen-bond acceptors (Lipinski definition) is 0. The van der Waals surface area contributed by atoms with E-state index in [9.17, 15) is 0 Å². The van der Waals surface area contributed by atoms with Crippen molar-refractivity contribution in [2.45, 2.75) is 86.0 Å². The molecule has 0 radical (unpaired) electrons. The van der Waals surface area contributed by atoms with Gasteiger partial charge in [-0.15, -0.1) is 0 Å². The van der Waals surface area contributed by atoms with Gasteiger partial charge in [-0.05, 0) is 17.8 Å². The van der Waals surface area contributed by atoms with Crippen molar-refractivity contribution in [2.24, 2.45) is 17.8 Å². The molecule has 0 aromatic rings. The van der Waals surface area contributed by atoms with Crippen LogP contribution < -0.4 is 0 Å². The third kappa shape index (κ3) is 10.5. The molecule has 0 saturated heterocycles. The SMILES string of the molecule is CCCC(C)CCC(C)CCCCC(C)C. The van der Waals surface area contributed by atoms with Gasteiger partial charge in [-0.25, -0.2) is 0 Å². The molecule has 0 rings (SSSR count). The van der Waals surface area contributed by atoms with Crippen molar-refractivity contribution in [3.8, 4) is 0 Å². The molecule has 2 atom stereocenters. The molecule has 0 aliphatic rings. The maximum Gasteiger partial charge on any atom is -0.0443 e. The maximum atomic E-state index is 2.44. The van der Waals surface area contributed by atoms with Crippen molar-refractivity contribution in [1.29, 1.82) is 0 Å². The van der Waals surface area contributed by atoms with Gasteiger partial charge in [-0.3, -0.25) is 0 Å². The topological polar surface area (TPSA) is 0 Å². The van der Waals surface area contributed by atoms with Gasteiger partial charge in [-0.2, -0.15) is 0 Å². The lowest BCUT2D eigenvalue weighted by Gasteiger charge is -2.15. The van der Waals surface area contributed by atoms with Crippen molar-refractivity contribution < 1.29 is 0 Å². The first-order valence-electron chi connectivity index (χ1n) is 7.56. The zero-order valence-electron chi connectivity index (χ0n) is 12.4. The standard InChI is InChI=1S/C16H34/c1-6-9-15(4)12-13-16(5)11-8-7-10-14(2)3/h14-16H,6-13H2,1-5H3. The van der Waals surface area contributed by atoms with Gasteiger partial charge in [0.05, 0.1) is 0 Å². The van der Waals surface area contributed by atoms with Crippen LogP contribution in [0.1, 0.15) is 86.0 Å². The van der Waals surface area contributed by atoms with Gasteiger partial charge in [0.1, 0.15) is 0 Å². The lowest BCUT2D eigenvalue weighted by atomic mass is 9.91. The van der Waals surface area contributed by atoms with Crippen LogP contribution in [-0.2, 0) is 0 Å². The van der Waals surface area contributed by atoms with E-state index in [0.29, 0.717) is 0 Å². The summed E-state index contributed by atoms with van der Waals surface area (Å²) in [6, 6.07) is 0. The van der Waals surface area contributed by atoms with Gasteiger partial charge >= 0.3 is 0 Å². The normalized spacial score (nSPS) is 15.4. The summed E-state index contributed by atoms with van der Waals surface area (Å²) >= 11 is 0. The lowest BCUT2D eigenvalue weighted by Crippen LogP contribution is -2.00. The second kappa shape index (κ2) is 10.2. The van der Waals surface area contributed by atoms with E-state index in [2.05, 4.69) is 34.6 Å². The van der Waals surface area contributed by atoms with Crippen LogP contribution in [0.2, 0.25) is 0 Å². The Morgan fingerprint density at radius 2 is 1.12 bits per heavy atom. The number of rotatable bonds is 10. The van der Waals surface area contributed by atoms with Crippen LogP contribution in [0.25, 0.3) is 0 Å². The average Bonchev–Trinajstić information content (AvgIpc) is 2.22. The Kier molecular flexibility index (Phi) is 10.2. The van der Waals surface area contributed by atoms with Crippen LogP contribution in [0.15, 0.2) is 0 Å². The predicted molar refractivity (Wildman–Crippen MR) is 75.8 cm³/mol. The van der Waals surface area contributed by atoms with Crippen molar-refractivity contribution in [3.63, 3.8) is 0 Å². The molecule has 0 aromatic heterocycles. The summed E-state index contributed by atoms with van der Waals surface area (Å²) in [5.41, 5.74) is 0. The van der Waals surface area contributed by atoms with Crippen molar-refractivity contribution in [2.75, 3.05) is 0 Å². The highest BCUT2D eigenvalue weighted by molar-refractivity contribution is 4.59. The van der Waals surface area contributed by atoms with Gasteiger partial charge < -0.3 is 0 Å². The van der Waals surface area contributed by atoms with Gasteiger partial charge in [0.2, 0.25) is 0 Å². The van der Waals surface area contributed by atoms with E-state index in [1.807, 2.05) is 0 Å². The number of hydrogen-bond donors (Lipinski definition) is 0. The fourth-order valence-corrected chi connectivity index (χ4v) is 2.40. The quantitative estimate of drug-likeness (QED) is 0.397. The molecule has 16 heavy (non-hydrogen) atoms. The second-order valence-electron chi connectivity index (χ2n) is 6.25. The molecule has 0 fully saturated rings. The molecule has 0 amide bonds. The van der Waals surface area contributed by atoms with Gasteiger partial charge in [-0.1, -0.05) is 86.0 Å². The molecule has 0 aliphatic heterocycles. The fraction of sp³-hybridized carbons (Fsp3) is 1.00. The van der Waals surface area contributed by atoms with Crippen LogP contribution >= 0.6 is 0 Å². The largest absolute Gasteiger partial charge is 0.0654 e. The van der Waals surface area contributed by atoms with E-state index in [1.165, 1.54) is 51.4 Å². The van der Waals surface area contributed by atoms with Gasteiger partial charge in [0.15, 0.2) is 0 Å². The molecule has 0 bridgehead atoms. The molecule has 98 valence electrons. The molecule has 0 heterocycles. The summed E-state index contributed by atoms with van der Waals surface area (Å²) in [6.45, 7) is 11.8. The van der Waals surface area contributed by atoms with E-state index < -0.39 is 0 Å². The Morgan fingerprint density at radius 1 is 0.625 bits per heavy atom. The predicted octanol–water partition coefficient (Wildman–Crippen LogP) is 6.06. The van der Waals surface area contributed by atoms with Crippen molar-refractivity contribution >= 4 is 0 Å². The third-order valence-corrected chi connectivity index (χ3v) is 3.66. The Morgan fingerprint density at radius 3 is 1.62 bits per heavy atom. The summed E-state index contributed by atoms with van der Waals surface area (Å²) in [7, 11) is 0. The zero-order valence-corrected chi connectivity index (χ0v) is 12.4. The highest BCUT2D eigenvalue weighted by Gasteiger charge is 2.06. The molecule has 0 heteroatoms. The third-order valence-electron chi connectivity index (χ3n) is 3.66. The van der Waals surface area contributed by atoms with E-state index in [-0.39, 0.29) is 0 Å². The molecular weight excluding hydrogens is 192 g/mol. The highest BCUT2D eigenvalue weighted by atomic mass is 14.1. The smallest absolute Gasteiger partial charge is 0.0443 e. The lowest BCUT2D eigenvalue weighted by molar-refractivity contribution is 0.381. The molecular formula is C16H34. The summed E-state index contributed by atoms with van der Waals surface area (Å²) in [6.07, 6.45) is 11.4. The maximum absolute atomic E-state index is 2.44. The molecule has 0 N–H and O–H groups in total. The minimum Gasteiger partial charge on any atom is -0.0654 e. The Bertz CT molecular complexity index is 137. The summed E-state index contributed by atoms with van der Waals surface area (Å²) in [5, 5.41) is 0. The van der Waals surface area contributed by atoms with E-state index >= 15 is 0 Å². The summed E-state index contributed by atoms with van der Waals surface area (Å²) in [5.74, 6) is 2.79. The fourth-order valence-electron chi connectivity index (χ4n) is 2.40. The zero-order chi connectivity index (χ0) is 12.4. The second-order valence-corrected chi connectivity index (χ2v) is 6.25. The Balaban J connectivity index is 3.33. The van der Waals surface area contributed by atoms with Crippen molar-refractivity contribution in [1.82, 2.24) is 0 Å². The van der Waals surface area contributed by atoms with Gasteiger partial charge in [0.25, 0.3) is 0 Å². The van der Waals surface area contributed by atoms with Crippen LogP contribution in [0.5, 0.6) is 0 Å². The van der Waals surface area contributed by atoms with Crippen LogP contribution in [-0.4, -0.2) is 0 Å². The van der Waals surface area contributed by atoms with Crippen molar-refractivity contribution in [3.05, 3.63) is 0 Å². The monoisotopic (exact) mass is 226 g/mol. The summed E-state index contributed by atoms with van der Waals surface area (Å²) in [4.78, 5) is 0. The molecule has 0 spiro atoms. The van der Waals surface area contributed by atoms with Gasteiger partial charge in [0, 0.05) is 0 Å². The van der Waals surface area contributed by atoms with Crippen LogP contribution in [0, 0.1) is 17.8 Å². The van der Waals surface area contributed by atoms with Crippen LogP contribution in [0.4, 0.5) is 0 Å². The molecule has 0 saturated carbocycles. The van der Waals surface area contributed by atoms with E-state index in [1.54, 1.807) is 0 Å². The summed E-state index contributed by atoms with van der Waals surface area (Å²) < 4.78 is 0. The minimum atomic E-state index is 0.889. The first kappa shape index (κ1) is 16.0. The average molecular weight is 226 g/mol. The minimum absolute atomic E-state index is 0.889. The first-order chi connectivity index (χ1) is 7.56. The van der Waals surface area contributed by atoms with E-state index in [0.717, 1.165) is 17.8 Å². The van der Waals surface area contributed by atoms with Crippen LogP contribution in [0.3, 0.4) is 0 Å². The molecule has 0 aliphatic carbocycles. The Labute approximate surface area is 104 Å². The number of unbranched alkanes of at least 4 members (excludes halogenated alkanes) is 1. The molecule has 2 unspecified atom stereocenters. The molecule has 0 nitrogen and oxygen atoms in total. The first-order valence-corrected chi connectivity index (χ1v) is 7.56. The highest BCUT2D eigenvalue weighted by Crippen LogP contribution is 2.21. The molecule has 0 aromatic carbocycles.